The number of alkyl halides is 1. The maximum atomic E-state index is 10.6. The van der Waals surface area contributed by atoms with E-state index >= 15 is 0 Å². The molecule has 2 N–H and O–H groups in total. The van der Waals surface area contributed by atoms with Crippen LogP contribution in [0, 0.1) is 0 Å². The molecular weight excluding hydrogens is 156 g/mol. The molecule has 0 amide bonds. The van der Waals surface area contributed by atoms with E-state index in [1.54, 1.807) is 6.92 Å². The lowest BCUT2D eigenvalue weighted by atomic mass is 10.1. The van der Waals surface area contributed by atoms with Gasteiger partial charge in [-0.15, -0.1) is 11.6 Å². The zero-order valence-corrected chi connectivity index (χ0v) is 6.51. The molecule has 0 aliphatic rings. The highest BCUT2D eigenvalue weighted by atomic mass is 35.5. The number of hydrogen-bond donors (Lipinski definition) is 2. The molecule has 0 aliphatic carbocycles. The van der Waals surface area contributed by atoms with Crippen molar-refractivity contribution in [1.29, 1.82) is 0 Å². The highest BCUT2D eigenvalue weighted by molar-refractivity contribution is 6.18. The summed E-state index contributed by atoms with van der Waals surface area (Å²) in [6, 6.07) is 0. The van der Waals surface area contributed by atoms with Crippen LogP contribution >= 0.6 is 11.6 Å². The minimum absolute atomic E-state index is 0.118. The van der Waals surface area contributed by atoms with Gasteiger partial charge >= 0.3 is 0 Å². The molecule has 0 radical (unpaired) electrons. The Morgan fingerprint density at radius 1 is 1.60 bits per heavy atom. The van der Waals surface area contributed by atoms with Gasteiger partial charge in [-0.05, 0) is 0 Å². The van der Waals surface area contributed by atoms with Crippen LogP contribution in [0.3, 0.4) is 0 Å². The molecule has 3 nitrogen and oxygen atoms in total. The lowest BCUT2D eigenvalue weighted by Crippen LogP contribution is -2.34. The van der Waals surface area contributed by atoms with Crippen molar-refractivity contribution < 1.29 is 15.0 Å². The Kier molecular flexibility index (Phi) is 4.60. The first-order chi connectivity index (χ1) is 4.63. The minimum Gasteiger partial charge on any atom is -0.389 e. The lowest BCUT2D eigenvalue weighted by Gasteiger charge is -2.12. The van der Waals surface area contributed by atoms with E-state index in [1.165, 1.54) is 0 Å². The molecule has 0 rings (SSSR count). The Morgan fingerprint density at radius 3 is 2.40 bits per heavy atom. The Labute approximate surface area is 64.6 Å². The van der Waals surface area contributed by atoms with Crippen LogP contribution in [0.15, 0.2) is 0 Å². The van der Waals surface area contributed by atoms with E-state index in [0.29, 0.717) is 0 Å². The summed E-state index contributed by atoms with van der Waals surface area (Å²) in [6.07, 6.45) is -2.23. The van der Waals surface area contributed by atoms with Crippen LogP contribution in [0.4, 0.5) is 0 Å². The zero-order chi connectivity index (χ0) is 8.15. The van der Waals surface area contributed by atoms with Gasteiger partial charge in [0.1, 0.15) is 12.2 Å². The number of halogens is 1. The van der Waals surface area contributed by atoms with Gasteiger partial charge in [-0.25, -0.2) is 0 Å². The number of aliphatic hydroxyl groups is 2. The number of Topliss-reactive ketones (excluding diaryl/α,β-unsaturated/α-hetero) is 1. The van der Waals surface area contributed by atoms with Gasteiger partial charge in [0.15, 0.2) is 5.78 Å². The van der Waals surface area contributed by atoms with E-state index in [2.05, 4.69) is 0 Å². The summed E-state index contributed by atoms with van der Waals surface area (Å²) in [5.74, 6) is -0.499. The van der Waals surface area contributed by atoms with Gasteiger partial charge in [-0.1, -0.05) is 6.92 Å². The summed E-state index contributed by atoms with van der Waals surface area (Å²) >= 11 is 5.19. The SMILES string of the molecule is CCC(=O)C(O)C(O)CCl. The molecule has 2 atom stereocenters. The van der Waals surface area contributed by atoms with Crippen molar-refractivity contribution in [3.8, 4) is 0 Å². The van der Waals surface area contributed by atoms with Crippen LogP contribution < -0.4 is 0 Å². The Bertz CT molecular complexity index is 116. The maximum Gasteiger partial charge on any atom is 0.163 e. The van der Waals surface area contributed by atoms with E-state index in [-0.39, 0.29) is 18.1 Å². The molecule has 0 spiro atoms. The third kappa shape index (κ3) is 2.64. The quantitative estimate of drug-likeness (QED) is 0.575. The van der Waals surface area contributed by atoms with Crippen molar-refractivity contribution in [2.45, 2.75) is 25.6 Å². The summed E-state index contributed by atoms with van der Waals surface area (Å²) in [7, 11) is 0. The molecule has 0 aromatic rings. The molecular formula is C6H11ClO3. The number of carbonyl (C=O) groups is 1. The number of carbonyl (C=O) groups excluding carboxylic acids is 1. The summed E-state index contributed by atoms with van der Waals surface area (Å²) < 4.78 is 0. The number of aliphatic hydroxyl groups excluding tert-OH is 2. The van der Waals surface area contributed by atoms with E-state index in [4.69, 9.17) is 21.8 Å². The van der Waals surface area contributed by atoms with E-state index < -0.39 is 12.2 Å². The Hall–Kier alpha value is -0.120. The first kappa shape index (κ1) is 9.88. The average Bonchev–Trinajstić information content (AvgIpc) is 2.00. The van der Waals surface area contributed by atoms with Gasteiger partial charge < -0.3 is 10.2 Å². The predicted molar refractivity (Wildman–Crippen MR) is 38.0 cm³/mol. The van der Waals surface area contributed by atoms with Crippen molar-refractivity contribution in [2.75, 3.05) is 5.88 Å². The largest absolute Gasteiger partial charge is 0.389 e. The van der Waals surface area contributed by atoms with Crippen molar-refractivity contribution in [3.63, 3.8) is 0 Å². The lowest BCUT2D eigenvalue weighted by molar-refractivity contribution is -0.131. The van der Waals surface area contributed by atoms with Crippen molar-refractivity contribution in [1.82, 2.24) is 0 Å². The standard InChI is InChI=1S/C6H11ClO3/c1-2-4(8)6(10)5(9)3-7/h5-6,9-10H,2-3H2,1H3. The predicted octanol–water partition coefficient (Wildman–Crippen LogP) is -0.0739. The second-order valence-electron chi connectivity index (χ2n) is 1.99. The molecule has 0 heterocycles. The number of ketones is 1. The van der Waals surface area contributed by atoms with Crippen molar-refractivity contribution in [2.24, 2.45) is 0 Å². The second kappa shape index (κ2) is 4.66. The van der Waals surface area contributed by atoms with Crippen LogP contribution in [0.2, 0.25) is 0 Å². The van der Waals surface area contributed by atoms with Gasteiger partial charge in [0.05, 0.1) is 5.88 Å². The molecule has 2 unspecified atom stereocenters. The van der Waals surface area contributed by atoms with Crippen LogP contribution in [-0.2, 0) is 4.79 Å². The molecule has 0 aromatic heterocycles. The summed E-state index contributed by atoms with van der Waals surface area (Å²) in [5.41, 5.74) is 0. The molecule has 0 aliphatic heterocycles. The van der Waals surface area contributed by atoms with Gasteiger partial charge in [-0.3, -0.25) is 4.79 Å². The van der Waals surface area contributed by atoms with Crippen molar-refractivity contribution >= 4 is 17.4 Å². The fourth-order valence-electron chi connectivity index (χ4n) is 0.508. The Balaban J connectivity index is 3.81. The monoisotopic (exact) mass is 166 g/mol. The average molecular weight is 167 g/mol. The smallest absolute Gasteiger partial charge is 0.163 e. The first-order valence-electron chi connectivity index (χ1n) is 3.08. The molecule has 10 heavy (non-hydrogen) atoms. The molecule has 0 fully saturated rings. The number of rotatable bonds is 4. The minimum atomic E-state index is -1.32. The van der Waals surface area contributed by atoms with Crippen LogP contribution in [0.25, 0.3) is 0 Å². The van der Waals surface area contributed by atoms with E-state index in [9.17, 15) is 4.79 Å². The van der Waals surface area contributed by atoms with Gasteiger partial charge in [-0.2, -0.15) is 0 Å². The number of hydrogen-bond acceptors (Lipinski definition) is 3. The molecule has 0 saturated carbocycles. The molecule has 0 saturated heterocycles. The van der Waals surface area contributed by atoms with E-state index in [0.717, 1.165) is 0 Å². The molecule has 0 aromatic carbocycles. The van der Waals surface area contributed by atoms with Gasteiger partial charge in [0.2, 0.25) is 0 Å². The van der Waals surface area contributed by atoms with Gasteiger partial charge in [0, 0.05) is 6.42 Å². The third-order valence-electron chi connectivity index (χ3n) is 1.20. The highest BCUT2D eigenvalue weighted by Crippen LogP contribution is 1.99. The molecule has 0 bridgehead atoms. The topological polar surface area (TPSA) is 57.5 Å². The summed E-state index contributed by atoms with van der Waals surface area (Å²) in [4.78, 5) is 10.6. The van der Waals surface area contributed by atoms with Crippen LogP contribution in [-0.4, -0.2) is 34.1 Å². The fourth-order valence-corrected chi connectivity index (χ4v) is 0.677. The first-order valence-corrected chi connectivity index (χ1v) is 3.61. The van der Waals surface area contributed by atoms with Gasteiger partial charge in [0.25, 0.3) is 0 Å². The highest BCUT2D eigenvalue weighted by Gasteiger charge is 2.20. The molecule has 4 heteroatoms. The second-order valence-corrected chi connectivity index (χ2v) is 2.29. The van der Waals surface area contributed by atoms with Crippen LogP contribution in [0.1, 0.15) is 13.3 Å². The summed E-state index contributed by atoms with van der Waals surface area (Å²) in [6.45, 7) is 1.62. The Morgan fingerprint density at radius 2 is 2.10 bits per heavy atom. The summed E-state index contributed by atoms with van der Waals surface area (Å²) in [5, 5.41) is 17.7. The van der Waals surface area contributed by atoms with Crippen molar-refractivity contribution in [3.05, 3.63) is 0 Å². The fraction of sp³-hybridized carbons (Fsp3) is 0.833. The zero-order valence-electron chi connectivity index (χ0n) is 5.75. The maximum absolute atomic E-state index is 10.6. The normalized spacial score (nSPS) is 16.4. The van der Waals surface area contributed by atoms with Crippen LogP contribution in [0.5, 0.6) is 0 Å². The van der Waals surface area contributed by atoms with E-state index in [1.807, 2.05) is 0 Å². The third-order valence-corrected chi connectivity index (χ3v) is 1.52. The molecule has 60 valence electrons.